The van der Waals surface area contributed by atoms with Gasteiger partial charge in [-0.05, 0) is 25.1 Å². The number of carbonyl (C=O) groups excluding carboxylic acids is 1. The molecule has 0 aliphatic rings. The van der Waals surface area contributed by atoms with Crippen LogP contribution in [0.4, 0.5) is 11.4 Å². The van der Waals surface area contributed by atoms with Crippen LogP contribution in [0.15, 0.2) is 42.7 Å². The Balaban J connectivity index is 2.10. The van der Waals surface area contributed by atoms with Crippen LogP contribution in [0.2, 0.25) is 0 Å². The Labute approximate surface area is 99.2 Å². The molecule has 2 rings (SSSR count). The average molecular weight is 230 g/mol. The van der Waals surface area contributed by atoms with E-state index in [0.717, 1.165) is 0 Å². The molecule has 1 amide bonds. The third-order valence-corrected chi connectivity index (χ3v) is 2.52. The van der Waals surface area contributed by atoms with Gasteiger partial charge in [-0.15, -0.1) is 0 Å². The largest absolute Gasteiger partial charge is 0.397 e. The van der Waals surface area contributed by atoms with Gasteiger partial charge in [0.25, 0.3) is 0 Å². The summed E-state index contributed by atoms with van der Waals surface area (Å²) in [4.78, 5) is 11.9. The van der Waals surface area contributed by atoms with E-state index >= 15 is 0 Å². The van der Waals surface area contributed by atoms with Crippen molar-refractivity contribution in [3.05, 3.63) is 42.7 Å². The minimum atomic E-state index is -0.371. The molecule has 0 aliphatic heterocycles. The van der Waals surface area contributed by atoms with E-state index in [1.54, 1.807) is 42.2 Å². The molecule has 2 aromatic rings. The van der Waals surface area contributed by atoms with Gasteiger partial charge in [0.2, 0.25) is 5.91 Å². The van der Waals surface area contributed by atoms with Crippen molar-refractivity contribution in [1.82, 2.24) is 9.78 Å². The van der Waals surface area contributed by atoms with Crippen LogP contribution < -0.4 is 11.1 Å². The fourth-order valence-corrected chi connectivity index (χ4v) is 1.48. The molecule has 17 heavy (non-hydrogen) atoms. The summed E-state index contributed by atoms with van der Waals surface area (Å²) in [6, 6.07) is 8.56. The molecule has 5 heteroatoms. The fraction of sp³-hybridized carbons (Fsp3) is 0.167. The van der Waals surface area contributed by atoms with Crippen LogP contribution in [0.5, 0.6) is 0 Å². The predicted molar refractivity (Wildman–Crippen MR) is 66.4 cm³/mol. The van der Waals surface area contributed by atoms with Crippen LogP contribution in [-0.2, 0) is 4.79 Å². The number of nitrogens with one attached hydrogen (secondary N) is 1. The first-order valence-corrected chi connectivity index (χ1v) is 5.33. The first-order chi connectivity index (χ1) is 8.18. The molecule has 1 aromatic carbocycles. The van der Waals surface area contributed by atoms with Crippen LogP contribution in [0.3, 0.4) is 0 Å². The lowest BCUT2D eigenvalue weighted by molar-refractivity contribution is -0.119. The van der Waals surface area contributed by atoms with Crippen molar-refractivity contribution in [2.24, 2.45) is 0 Å². The summed E-state index contributed by atoms with van der Waals surface area (Å²) in [6.45, 7) is 1.78. The minimum Gasteiger partial charge on any atom is -0.397 e. The highest BCUT2D eigenvalue weighted by Gasteiger charge is 2.15. The summed E-state index contributed by atoms with van der Waals surface area (Å²) >= 11 is 0. The molecule has 1 unspecified atom stereocenters. The maximum Gasteiger partial charge on any atom is 0.249 e. The zero-order valence-corrected chi connectivity index (χ0v) is 9.50. The molecule has 0 radical (unpaired) electrons. The standard InChI is InChI=1S/C12H14N4O/c1-9(16-8-4-7-14-16)12(17)15-11-6-3-2-5-10(11)13/h2-9H,13H2,1H3,(H,15,17). The molecule has 1 aromatic heterocycles. The second kappa shape index (κ2) is 4.69. The molecule has 88 valence electrons. The quantitative estimate of drug-likeness (QED) is 0.788. The van der Waals surface area contributed by atoms with E-state index < -0.39 is 0 Å². The molecule has 0 aliphatic carbocycles. The Morgan fingerprint density at radius 1 is 1.41 bits per heavy atom. The van der Waals surface area contributed by atoms with Crippen LogP contribution in [0.25, 0.3) is 0 Å². The predicted octanol–water partition coefficient (Wildman–Crippen LogP) is 1.66. The highest BCUT2D eigenvalue weighted by atomic mass is 16.2. The van der Waals surface area contributed by atoms with E-state index in [1.807, 2.05) is 12.1 Å². The molecule has 0 saturated heterocycles. The highest BCUT2D eigenvalue weighted by molar-refractivity contribution is 5.95. The Morgan fingerprint density at radius 3 is 2.82 bits per heavy atom. The van der Waals surface area contributed by atoms with Gasteiger partial charge in [-0.3, -0.25) is 9.48 Å². The van der Waals surface area contributed by atoms with E-state index in [4.69, 9.17) is 5.73 Å². The lowest BCUT2D eigenvalue weighted by Gasteiger charge is -2.13. The third kappa shape index (κ3) is 2.44. The zero-order chi connectivity index (χ0) is 12.3. The molecule has 0 bridgehead atoms. The Morgan fingerprint density at radius 2 is 2.18 bits per heavy atom. The van der Waals surface area contributed by atoms with Crippen LogP contribution >= 0.6 is 0 Å². The monoisotopic (exact) mass is 230 g/mol. The molecule has 0 saturated carbocycles. The number of nitrogens with zero attached hydrogens (tertiary/aromatic N) is 2. The lowest BCUT2D eigenvalue weighted by atomic mass is 10.2. The lowest BCUT2D eigenvalue weighted by Crippen LogP contribution is -2.24. The number of carbonyl (C=O) groups is 1. The molecule has 1 heterocycles. The Hall–Kier alpha value is -2.30. The number of nitrogens with two attached hydrogens (primary N) is 1. The van der Waals surface area contributed by atoms with Crippen molar-refractivity contribution in [2.75, 3.05) is 11.1 Å². The van der Waals surface area contributed by atoms with Crippen molar-refractivity contribution in [3.8, 4) is 0 Å². The molecule has 0 fully saturated rings. The number of nitrogen functional groups attached to an aromatic ring is 1. The number of para-hydroxylation sites is 2. The molecular weight excluding hydrogens is 216 g/mol. The van der Waals surface area contributed by atoms with Gasteiger partial charge in [-0.1, -0.05) is 12.1 Å². The van der Waals surface area contributed by atoms with Gasteiger partial charge in [0.1, 0.15) is 6.04 Å². The number of hydrogen-bond donors (Lipinski definition) is 2. The first-order valence-electron chi connectivity index (χ1n) is 5.33. The minimum absolute atomic E-state index is 0.147. The summed E-state index contributed by atoms with van der Waals surface area (Å²) in [7, 11) is 0. The summed E-state index contributed by atoms with van der Waals surface area (Å²) in [6.07, 6.45) is 3.39. The van der Waals surface area contributed by atoms with Crippen molar-refractivity contribution >= 4 is 17.3 Å². The number of hydrogen-bond acceptors (Lipinski definition) is 3. The number of amides is 1. The summed E-state index contributed by atoms with van der Waals surface area (Å²) in [5.41, 5.74) is 6.92. The van der Waals surface area contributed by atoms with E-state index in [1.165, 1.54) is 0 Å². The smallest absolute Gasteiger partial charge is 0.249 e. The van der Waals surface area contributed by atoms with Crippen LogP contribution in [0.1, 0.15) is 13.0 Å². The number of benzene rings is 1. The van der Waals surface area contributed by atoms with Gasteiger partial charge in [0, 0.05) is 12.4 Å². The van der Waals surface area contributed by atoms with Gasteiger partial charge in [-0.25, -0.2) is 0 Å². The number of rotatable bonds is 3. The Kier molecular flexibility index (Phi) is 3.09. The second-order valence-electron chi connectivity index (χ2n) is 3.74. The van der Waals surface area contributed by atoms with Gasteiger partial charge >= 0.3 is 0 Å². The maximum atomic E-state index is 11.9. The molecule has 3 N–H and O–H groups in total. The van der Waals surface area contributed by atoms with E-state index in [0.29, 0.717) is 11.4 Å². The second-order valence-corrected chi connectivity index (χ2v) is 3.74. The summed E-state index contributed by atoms with van der Waals surface area (Å²) in [5, 5.41) is 6.80. The van der Waals surface area contributed by atoms with E-state index in [9.17, 15) is 4.79 Å². The summed E-state index contributed by atoms with van der Waals surface area (Å²) < 4.78 is 1.59. The van der Waals surface area contributed by atoms with Crippen LogP contribution in [-0.4, -0.2) is 15.7 Å². The third-order valence-electron chi connectivity index (χ3n) is 2.52. The summed E-state index contributed by atoms with van der Waals surface area (Å²) in [5.74, 6) is -0.147. The highest BCUT2D eigenvalue weighted by Crippen LogP contribution is 2.18. The van der Waals surface area contributed by atoms with Gasteiger partial charge in [0.05, 0.1) is 11.4 Å². The SMILES string of the molecule is CC(C(=O)Nc1ccccc1N)n1cccn1. The molecular formula is C12H14N4O. The normalized spacial score (nSPS) is 12.1. The van der Waals surface area contributed by atoms with Crippen molar-refractivity contribution in [1.29, 1.82) is 0 Å². The maximum absolute atomic E-state index is 11.9. The van der Waals surface area contributed by atoms with E-state index in [-0.39, 0.29) is 11.9 Å². The van der Waals surface area contributed by atoms with Crippen molar-refractivity contribution < 1.29 is 4.79 Å². The van der Waals surface area contributed by atoms with Crippen molar-refractivity contribution in [2.45, 2.75) is 13.0 Å². The van der Waals surface area contributed by atoms with Crippen LogP contribution in [0, 0.1) is 0 Å². The van der Waals surface area contributed by atoms with Gasteiger partial charge in [0.15, 0.2) is 0 Å². The van der Waals surface area contributed by atoms with Crippen molar-refractivity contribution in [3.63, 3.8) is 0 Å². The molecule has 1 atom stereocenters. The van der Waals surface area contributed by atoms with Gasteiger partial charge < -0.3 is 11.1 Å². The molecule has 0 spiro atoms. The number of aromatic nitrogens is 2. The fourth-order valence-electron chi connectivity index (χ4n) is 1.48. The average Bonchev–Trinajstić information content (AvgIpc) is 2.84. The Bertz CT molecular complexity index is 507. The van der Waals surface area contributed by atoms with Gasteiger partial charge in [-0.2, -0.15) is 5.10 Å². The van der Waals surface area contributed by atoms with E-state index in [2.05, 4.69) is 10.4 Å². The first kappa shape index (κ1) is 11.2. The topological polar surface area (TPSA) is 72.9 Å². The zero-order valence-electron chi connectivity index (χ0n) is 9.50. The molecule has 5 nitrogen and oxygen atoms in total. The number of anilines is 2.